The van der Waals surface area contributed by atoms with Crippen LogP contribution in [0.15, 0.2) is 64.2 Å². The van der Waals surface area contributed by atoms with Crippen molar-refractivity contribution in [1.29, 1.82) is 0 Å². The number of carbonyl (C=O) groups excluding carboxylic acids is 2. The van der Waals surface area contributed by atoms with Crippen LogP contribution in [0, 0.1) is 11.3 Å². The average Bonchev–Trinajstić information content (AvgIpc) is 3.49. The van der Waals surface area contributed by atoms with Crippen LogP contribution in [0.5, 0.6) is 0 Å². The Morgan fingerprint density at radius 3 is 2.48 bits per heavy atom. The van der Waals surface area contributed by atoms with Crippen LogP contribution in [0.25, 0.3) is 11.0 Å². The predicted molar refractivity (Wildman–Crippen MR) is 153 cm³/mol. The third-order valence-corrected chi connectivity index (χ3v) is 8.60. The molecule has 2 heterocycles. The Bertz CT molecular complexity index is 1460. The van der Waals surface area contributed by atoms with Gasteiger partial charge in [0.15, 0.2) is 0 Å². The zero-order chi connectivity index (χ0) is 28.7. The van der Waals surface area contributed by atoms with Crippen molar-refractivity contribution in [3.63, 3.8) is 0 Å². The molecule has 0 bridgehead atoms. The fraction of sp³-hybridized carbons (Fsp3) is 0.438. The minimum atomic E-state index is -0.962. The first-order valence-corrected chi connectivity index (χ1v) is 14.0. The van der Waals surface area contributed by atoms with Crippen molar-refractivity contribution in [2.45, 2.75) is 71.5 Å². The molecule has 210 valence electrons. The van der Waals surface area contributed by atoms with E-state index in [-0.39, 0.29) is 36.2 Å². The molecule has 0 unspecified atom stereocenters. The lowest BCUT2D eigenvalue weighted by Crippen LogP contribution is -2.50. The van der Waals surface area contributed by atoms with Gasteiger partial charge < -0.3 is 19.7 Å². The molecule has 8 nitrogen and oxygen atoms in total. The highest BCUT2D eigenvalue weighted by Crippen LogP contribution is 2.49. The highest BCUT2D eigenvalue weighted by Gasteiger charge is 2.52. The molecule has 2 N–H and O–H groups in total. The minimum absolute atomic E-state index is 0.0661. The van der Waals surface area contributed by atoms with Crippen molar-refractivity contribution >= 4 is 34.5 Å². The van der Waals surface area contributed by atoms with Crippen molar-refractivity contribution in [3.05, 3.63) is 71.5 Å². The van der Waals surface area contributed by atoms with Crippen molar-refractivity contribution in [2.24, 2.45) is 16.3 Å². The highest BCUT2D eigenvalue weighted by molar-refractivity contribution is 6.47. The van der Waals surface area contributed by atoms with Crippen molar-refractivity contribution in [1.82, 2.24) is 10.2 Å². The maximum absolute atomic E-state index is 14.1. The van der Waals surface area contributed by atoms with Gasteiger partial charge in [-0.05, 0) is 73.8 Å². The molecule has 2 amide bonds. The second-order valence-electron chi connectivity index (χ2n) is 12.1. The van der Waals surface area contributed by atoms with Gasteiger partial charge in [0.1, 0.15) is 17.0 Å². The summed E-state index contributed by atoms with van der Waals surface area (Å²) in [6, 6.07) is 14.6. The Morgan fingerprint density at radius 1 is 1.12 bits per heavy atom. The van der Waals surface area contributed by atoms with E-state index >= 15 is 0 Å². The van der Waals surface area contributed by atoms with E-state index in [9.17, 15) is 14.4 Å². The fourth-order valence-corrected chi connectivity index (χ4v) is 6.19. The summed E-state index contributed by atoms with van der Waals surface area (Å²) in [4.78, 5) is 44.5. The number of nitrogens with one attached hydrogen (secondary N) is 1. The van der Waals surface area contributed by atoms with E-state index in [2.05, 4.69) is 26.1 Å². The largest absolute Gasteiger partial charge is 0.481 e. The van der Waals surface area contributed by atoms with Crippen LogP contribution in [-0.4, -0.2) is 45.7 Å². The second kappa shape index (κ2) is 10.6. The first-order chi connectivity index (χ1) is 19.0. The normalized spacial score (nSPS) is 22.0. The van der Waals surface area contributed by atoms with Gasteiger partial charge in [0.05, 0.1) is 18.7 Å². The number of fused-ring (bicyclic) bond motifs is 1. The van der Waals surface area contributed by atoms with Crippen LogP contribution >= 0.6 is 0 Å². The number of furan rings is 1. The van der Waals surface area contributed by atoms with Crippen LogP contribution in [0.2, 0.25) is 0 Å². The van der Waals surface area contributed by atoms with E-state index in [0.29, 0.717) is 17.2 Å². The minimum Gasteiger partial charge on any atom is -0.481 e. The summed E-state index contributed by atoms with van der Waals surface area (Å²) >= 11 is 0. The number of hydrogen-bond acceptors (Lipinski definition) is 5. The Hall–Kier alpha value is -3.94. The third-order valence-electron chi connectivity index (χ3n) is 8.60. The topological polar surface area (TPSA) is 112 Å². The zero-order valence-electron chi connectivity index (χ0n) is 23.6. The quantitative estimate of drug-likeness (QED) is 0.382. The van der Waals surface area contributed by atoms with Crippen molar-refractivity contribution in [3.8, 4) is 0 Å². The molecule has 2 aromatic carbocycles. The molecule has 40 heavy (non-hydrogen) atoms. The molecule has 0 radical (unpaired) electrons. The monoisotopic (exact) mass is 543 g/mol. The molecule has 3 aromatic rings. The molecule has 0 saturated heterocycles. The van der Waals surface area contributed by atoms with Gasteiger partial charge in [-0.1, -0.05) is 45.0 Å². The maximum Gasteiger partial charge on any atom is 0.305 e. The van der Waals surface area contributed by atoms with E-state index in [1.807, 2.05) is 48.2 Å². The lowest BCUT2D eigenvalue weighted by atomic mass is 9.69. The standard InChI is InChI=1S/C32H37N3O5/c1-20(21-5-8-23(9-6-21)29(38)33-17-13-27(36)37)35-30(39)28(24-10-7-22-14-18-40-26(22)19-24)34-32(35)15-11-25(12-16-32)31(2,3)4/h5-10,14,18-20,25H,11-13,15-17H2,1-4H3,(H,33,38)(H,36,37)/t20-,25?,32?/m1/s1. The number of benzene rings is 2. The summed E-state index contributed by atoms with van der Waals surface area (Å²) in [6.07, 6.45) is 5.08. The van der Waals surface area contributed by atoms with E-state index < -0.39 is 11.6 Å². The van der Waals surface area contributed by atoms with E-state index in [4.69, 9.17) is 14.5 Å². The van der Waals surface area contributed by atoms with Crippen LogP contribution < -0.4 is 5.32 Å². The molecule has 1 aliphatic carbocycles. The Kier molecular flexibility index (Phi) is 7.29. The number of nitrogens with zero attached hydrogens (tertiary/aromatic N) is 2. The predicted octanol–water partition coefficient (Wildman–Crippen LogP) is 5.96. The van der Waals surface area contributed by atoms with Gasteiger partial charge in [0, 0.05) is 23.1 Å². The summed E-state index contributed by atoms with van der Waals surface area (Å²) < 4.78 is 5.61. The number of carboxylic acids is 1. The molecule has 2 aliphatic rings. The van der Waals surface area contributed by atoms with Gasteiger partial charge in [0.25, 0.3) is 11.8 Å². The Labute approximate surface area is 234 Å². The fourth-order valence-electron chi connectivity index (χ4n) is 6.19. The number of carboxylic acid groups (broad SMARTS) is 1. The number of amides is 2. The molecule has 1 spiro atoms. The van der Waals surface area contributed by atoms with Gasteiger partial charge >= 0.3 is 5.97 Å². The Balaban J connectivity index is 1.43. The summed E-state index contributed by atoms with van der Waals surface area (Å²) in [5.41, 5.74) is 2.87. The Morgan fingerprint density at radius 2 is 1.82 bits per heavy atom. The van der Waals surface area contributed by atoms with Crippen LogP contribution in [0.4, 0.5) is 0 Å². The first-order valence-electron chi connectivity index (χ1n) is 14.0. The molecule has 5 rings (SSSR count). The molecular formula is C32H37N3O5. The van der Waals surface area contributed by atoms with Crippen LogP contribution in [-0.2, 0) is 9.59 Å². The first kappa shape index (κ1) is 27.6. The number of aliphatic imine (C=N–C) groups is 1. The molecule has 1 saturated carbocycles. The number of carbonyl (C=O) groups is 3. The van der Waals surface area contributed by atoms with Crippen LogP contribution in [0.1, 0.15) is 87.3 Å². The number of rotatable bonds is 7. The molecule has 8 heteroatoms. The molecular weight excluding hydrogens is 506 g/mol. The molecule has 1 atom stereocenters. The van der Waals surface area contributed by atoms with Gasteiger partial charge in [-0.15, -0.1) is 0 Å². The summed E-state index contributed by atoms with van der Waals surface area (Å²) in [5, 5.41) is 12.4. The highest BCUT2D eigenvalue weighted by atomic mass is 16.4. The molecule has 1 fully saturated rings. The lowest BCUT2D eigenvalue weighted by Gasteiger charge is -2.46. The van der Waals surface area contributed by atoms with Gasteiger partial charge in [-0.25, -0.2) is 0 Å². The SMILES string of the molecule is C[C@H](c1ccc(C(=O)NCCC(=O)O)cc1)N1C(=O)C(c2ccc3ccoc3c2)=NC12CCC(C(C)(C)C)CC2. The summed E-state index contributed by atoms with van der Waals surface area (Å²) in [6.45, 7) is 8.93. The van der Waals surface area contributed by atoms with Crippen LogP contribution in [0.3, 0.4) is 0 Å². The van der Waals surface area contributed by atoms with E-state index in [1.54, 1.807) is 18.4 Å². The van der Waals surface area contributed by atoms with E-state index in [1.165, 1.54) is 0 Å². The molecule has 1 aromatic heterocycles. The average molecular weight is 544 g/mol. The zero-order valence-corrected chi connectivity index (χ0v) is 23.6. The lowest BCUT2D eigenvalue weighted by molar-refractivity contribution is -0.137. The second-order valence-corrected chi connectivity index (χ2v) is 12.1. The smallest absolute Gasteiger partial charge is 0.305 e. The molecule has 1 aliphatic heterocycles. The number of hydrogen-bond donors (Lipinski definition) is 2. The number of aliphatic carboxylic acids is 1. The third kappa shape index (κ3) is 5.27. The van der Waals surface area contributed by atoms with Gasteiger partial charge in [0.2, 0.25) is 0 Å². The van der Waals surface area contributed by atoms with Gasteiger partial charge in [-0.3, -0.25) is 19.4 Å². The summed E-state index contributed by atoms with van der Waals surface area (Å²) in [5.74, 6) is -0.823. The summed E-state index contributed by atoms with van der Waals surface area (Å²) in [7, 11) is 0. The van der Waals surface area contributed by atoms with Gasteiger partial charge in [-0.2, -0.15) is 0 Å². The van der Waals surface area contributed by atoms with Crippen molar-refractivity contribution in [2.75, 3.05) is 6.54 Å². The van der Waals surface area contributed by atoms with E-state index in [0.717, 1.165) is 47.8 Å². The van der Waals surface area contributed by atoms with Crippen molar-refractivity contribution < 1.29 is 23.9 Å². The maximum atomic E-state index is 14.1.